The van der Waals surface area contributed by atoms with E-state index in [0.29, 0.717) is 50.4 Å². The molecule has 186 valence electrons. The average Bonchev–Trinajstić information content (AvgIpc) is 3.18. The molecule has 8 nitrogen and oxygen atoms in total. The Hall–Kier alpha value is -4.20. The molecule has 0 saturated heterocycles. The van der Waals surface area contributed by atoms with Crippen molar-refractivity contribution in [1.29, 1.82) is 0 Å². The maximum Gasteiger partial charge on any atom is 0.361 e. The highest BCUT2D eigenvalue weighted by atomic mass is 16.5. The van der Waals surface area contributed by atoms with Crippen molar-refractivity contribution in [2.24, 2.45) is 0 Å². The van der Waals surface area contributed by atoms with E-state index in [-0.39, 0.29) is 17.7 Å². The summed E-state index contributed by atoms with van der Waals surface area (Å²) in [5.41, 5.74) is 0.952. The van der Waals surface area contributed by atoms with Crippen LogP contribution in [0.5, 0.6) is 23.0 Å². The standard InChI is InChI=1S/C28H27NO7/c1-14(2)34-23-9-16-7-8-29-26(17(16)10-21(23)32-5)19(13-30)25-18-11-22(33-6)24(35-15(3)4)12-20(18)36-28(31)27(25)29/h7-15H,1-6H3. The van der Waals surface area contributed by atoms with Crippen LogP contribution in [-0.2, 0) is 0 Å². The summed E-state index contributed by atoms with van der Waals surface area (Å²) in [6, 6.07) is 8.93. The van der Waals surface area contributed by atoms with Gasteiger partial charge >= 0.3 is 5.63 Å². The van der Waals surface area contributed by atoms with E-state index in [0.717, 1.165) is 17.1 Å². The first-order valence-electron chi connectivity index (χ1n) is 11.7. The first kappa shape index (κ1) is 23.5. The molecule has 0 aliphatic heterocycles. The predicted octanol–water partition coefficient (Wildman–Crippen LogP) is 5.76. The Morgan fingerprint density at radius 3 is 2.03 bits per heavy atom. The fourth-order valence-electron chi connectivity index (χ4n) is 4.67. The molecule has 8 heteroatoms. The molecule has 0 saturated carbocycles. The van der Waals surface area contributed by atoms with Gasteiger partial charge in [-0.05, 0) is 57.3 Å². The van der Waals surface area contributed by atoms with E-state index in [1.54, 1.807) is 29.8 Å². The molecule has 0 bridgehead atoms. The fraction of sp³-hybridized carbons (Fsp3) is 0.286. The van der Waals surface area contributed by atoms with Crippen LogP contribution in [0.2, 0.25) is 0 Å². The van der Waals surface area contributed by atoms with Crippen molar-refractivity contribution in [3.63, 3.8) is 0 Å². The molecule has 0 unspecified atom stereocenters. The van der Waals surface area contributed by atoms with Crippen molar-refractivity contribution >= 4 is 44.4 Å². The summed E-state index contributed by atoms with van der Waals surface area (Å²) in [4.78, 5) is 25.8. The lowest BCUT2D eigenvalue weighted by atomic mass is 10.0. The molecule has 36 heavy (non-hydrogen) atoms. The highest BCUT2D eigenvalue weighted by Crippen LogP contribution is 2.41. The van der Waals surface area contributed by atoms with Crippen LogP contribution in [0.15, 0.2) is 45.7 Å². The number of aromatic nitrogens is 1. The minimum absolute atomic E-state index is 0.0444. The lowest BCUT2D eigenvalue weighted by Crippen LogP contribution is -2.07. The van der Waals surface area contributed by atoms with Gasteiger partial charge in [0.2, 0.25) is 0 Å². The van der Waals surface area contributed by atoms with Gasteiger partial charge in [0.1, 0.15) is 11.1 Å². The SMILES string of the molecule is COc1cc2c(ccn3c2c(C=O)c2c4cc(OC)c(OC(C)C)cc4oc(=O)c23)cc1OC(C)C. The normalized spacial score (nSPS) is 11.8. The van der Waals surface area contributed by atoms with Gasteiger partial charge in [-0.3, -0.25) is 4.79 Å². The summed E-state index contributed by atoms with van der Waals surface area (Å²) in [7, 11) is 3.10. The van der Waals surface area contributed by atoms with E-state index in [9.17, 15) is 9.59 Å². The van der Waals surface area contributed by atoms with Gasteiger partial charge in [0.05, 0.1) is 31.9 Å². The minimum atomic E-state index is -0.563. The number of carbonyl (C=O) groups is 1. The van der Waals surface area contributed by atoms with Crippen LogP contribution in [0.3, 0.4) is 0 Å². The highest BCUT2D eigenvalue weighted by Gasteiger charge is 2.23. The molecule has 2 aromatic carbocycles. The smallest absolute Gasteiger partial charge is 0.361 e. The number of nitrogens with zero attached hydrogens (tertiary/aromatic N) is 1. The van der Waals surface area contributed by atoms with Gasteiger partial charge in [-0.1, -0.05) is 0 Å². The zero-order valence-corrected chi connectivity index (χ0v) is 21.0. The number of pyridine rings is 1. The van der Waals surface area contributed by atoms with Crippen LogP contribution in [-0.4, -0.2) is 37.1 Å². The van der Waals surface area contributed by atoms with Gasteiger partial charge in [0.15, 0.2) is 29.3 Å². The monoisotopic (exact) mass is 489 g/mol. The third-order valence-electron chi connectivity index (χ3n) is 6.01. The second kappa shape index (κ2) is 8.78. The number of rotatable bonds is 7. The van der Waals surface area contributed by atoms with E-state index in [1.165, 1.54) is 7.11 Å². The molecule has 0 N–H and O–H groups in total. The lowest BCUT2D eigenvalue weighted by molar-refractivity contribution is 0.112. The molecule has 3 aromatic heterocycles. The Kier molecular flexibility index (Phi) is 5.74. The van der Waals surface area contributed by atoms with E-state index in [1.807, 2.05) is 45.9 Å². The van der Waals surface area contributed by atoms with Crippen LogP contribution >= 0.6 is 0 Å². The Morgan fingerprint density at radius 1 is 0.833 bits per heavy atom. The number of carbonyl (C=O) groups excluding carboxylic acids is 1. The first-order chi connectivity index (χ1) is 17.3. The zero-order valence-electron chi connectivity index (χ0n) is 21.0. The van der Waals surface area contributed by atoms with Crippen molar-refractivity contribution in [2.45, 2.75) is 39.9 Å². The summed E-state index contributed by atoms with van der Waals surface area (Å²) < 4.78 is 30.3. The number of fused-ring (bicyclic) bond motifs is 7. The topological polar surface area (TPSA) is 88.6 Å². The average molecular weight is 490 g/mol. The second-order valence-electron chi connectivity index (χ2n) is 9.10. The number of hydrogen-bond acceptors (Lipinski definition) is 7. The Labute approximate surface area is 206 Å². The highest BCUT2D eigenvalue weighted by molar-refractivity contribution is 6.21. The van der Waals surface area contributed by atoms with Crippen molar-refractivity contribution in [3.8, 4) is 23.0 Å². The molecule has 0 aliphatic rings. The molecule has 0 amide bonds. The molecule has 5 aromatic rings. The quantitative estimate of drug-likeness (QED) is 0.212. The summed E-state index contributed by atoms with van der Waals surface area (Å²) in [5.74, 6) is 2.05. The van der Waals surface area contributed by atoms with Crippen LogP contribution < -0.4 is 24.6 Å². The summed E-state index contributed by atoms with van der Waals surface area (Å²) in [6.45, 7) is 7.66. The van der Waals surface area contributed by atoms with Gasteiger partial charge in [-0.2, -0.15) is 0 Å². The maximum atomic E-state index is 13.2. The fourth-order valence-corrected chi connectivity index (χ4v) is 4.67. The number of hydrogen-bond donors (Lipinski definition) is 0. The summed E-state index contributed by atoms with van der Waals surface area (Å²) in [5, 5.41) is 2.63. The second-order valence-corrected chi connectivity index (χ2v) is 9.10. The summed E-state index contributed by atoms with van der Waals surface area (Å²) >= 11 is 0. The molecular weight excluding hydrogens is 462 g/mol. The first-order valence-corrected chi connectivity index (χ1v) is 11.7. The molecule has 0 atom stereocenters. The zero-order chi connectivity index (χ0) is 25.7. The van der Waals surface area contributed by atoms with Crippen molar-refractivity contribution in [1.82, 2.24) is 4.40 Å². The molecule has 0 spiro atoms. The molecule has 5 rings (SSSR count). The third-order valence-corrected chi connectivity index (χ3v) is 6.01. The van der Waals surface area contributed by atoms with Crippen LogP contribution in [0.1, 0.15) is 38.1 Å². The maximum absolute atomic E-state index is 13.2. The lowest BCUT2D eigenvalue weighted by Gasteiger charge is -2.15. The third kappa shape index (κ3) is 3.61. The van der Waals surface area contributed by atoms with E-state index in [2.05, 4.69) is 0 Å². The van der Waals surface area contributed by atoms with E-state index >= 15 is 0 Å². The minimum Gasteiger partial charge on any atom is -0.493 e. The molecule has 0 radical (unpaired) electrons. The van der Waals surface area contributed by atoms with Gasteiger partial charge in [0.25, 0.3) is 0 Å². The van der Waals surface area contributed by atoms with E-state index in [4.69, 9.17) is 23.4 Å². The number of benzene rings is 2. The molecular formula is C28H27NO7. The summed E-state index contributed by atoms with van der Waals surface area (Å²) in [6.07, 6.45) is 2.37. The Balaban J connectivity index is 1.94. The Morgan fingerprint density at radius 2 is 1.44 bits per heavy atom. The number of aldehydes is 1. The van der Waals surface area contributed by atoms with Crippen molar-refractivity contribution in [2.75, 3.05) is 14.2 Å². The van der Waals surface area contributed by atoms with Crippen molar-refractivity contribution < 1.29 is 28.2 Å². The van der Waals surface area contributed by atoms with Gasteiger partial charge in [-0.15, -0.1) is 0 Å². The largest absolute Gasteiger partial charge is 0.493 e. The van der Waals surface area contributed by atoms with Gasteiger partial charge in [0, 0.05) is 34.0 Å². The van der Waals surface area contributed by atoms with Gasteiger partial charge in [-0.25, -0.2) is 4.79 Å². The molecule has 3 heterocycles. The molecule has 0 fully saturated rings. The number of ether oxygens (including phenoxy) is 4. The molecule has 0 aliphatic carbocycles. The van der Waals surface area contributed by atoms with Crippen LogP contribution in [0, 0.1) is 0 Å². The predicted molar refractivity (Wildman–Crippen MR) is 138 cm³/mol. The van der Waals surface area contributed by atoms with Gasteiger partial charge < -0.3 is 27.8 Å². The van der Waals surface area contributed by atoms with Crippen LogP contribution in [0.4, 0.5) is 0 Å². The van der Waals surface area contributed by atoms with E-state index < -0.39 is 5.63 Å². The van der Waals surface area contributed by atoms with Crippen LogP contribution in [0.25, 0.3) is 38.2 Å². The van der Waals surface area contributed by atoms with Crippen molar-refractivity contribution in [3.05, 3.63) is 52.5 Å². The number of methoxy groups -OCH3 is 2. The Bertz CT molecular complexity index is 1710.